The molecule has 1 aliphatic carbocycles. The number of carbonyl (C=O) groups is 1. The van der Waals surface area contributed by atoms with E-state index in [2.05, 4.69) is 20.5 Å². The van der Waals surface area contributed by atoms with E-state index in [1.807, 2.05) is 48.5 Å². The molecule has 0 aliphatic heterocycles. The third-order valence-electron chi connectivity index (χ3n) is 4.25. The lowest BCUT2D eigenvalue weighted by atomic mass is 10.1. The van der Waals surface area contributed by atoms with Crippen LogP contribution in [0.4, 0.5) is 0 Å². The highest BCUT2D eigenvalue weighted by atomic mass is 35.5. The average Bonchev–Trinajstić information content (AvgIpc) is 3.42. The molecule has 6 heteroatoms. The highest BCUT2D eigenvalue weighted by molar-refractivity contribution is 6.30. The molecule has 1 saturated carbocycles. The maximum Gasteiger partial charge on any atom is 0.243 e. The first-order valence-corrected chi connectivity index (χ1v) is 8.39. The van der Waals surface area contributed by atoms with Gasteiger partial charge in [-0.25, -0.2) is 10.4 Å². The van der Waals surface area contributed by atoms with Gasteiger partial charge in [-0.2, -0.15) is 5.10 Å². The molecule has 0 saturated heterocycles. The van der Waals surface area contributed by atoms with Crippen LogP contribution in [0.1, 0.15) is 23.6 Å². The highest BCUT2D eigenvalue weighted by Crippen LogP contribution is 2.47. The van der Waals surface area contributed by atoms with Crippen LogP contribution < -0.4 is 5.43 Å². The first kappa shape index (κ1) is 15.7. The summed E-state index contributed by atoms with van der Waals surface area (Å²) in [6.07, 6.45) is 4.09. The van der Waals surface area contributed by atoms with E-state index in [0.717, 1.165) is 23.0 Å². The number of pyridine rings is 2. The van der Waals surface area contributed by atoms with Crippen molar-refractivity contribution in [2.45, 2.75) is 12.3 Å². The van der Waals surface area contributed by atoms with Crippen LogP contribution in [0.15, 0.2) is 59.8 Å². The summed E-state index contributed by atoms with van der Waals surface area (Å²) in [5.74, 6) is 0.0897. The maximum absolute atomic E-state index is 12.2. The Balaban J connectivity index is 1.38. The van der Waals surface area contributed by atoms with E-state index in [1.165, 1.54) is 0 Å². The number of carbonyl (C=O) groups excluding carboxylic acids is 1. The molecule has 5 nitrogen and oxygen atoms in total. The molecule has 1 N–H and O–H groups in total. The summed E-state index contributed by atoms with van der Waals surface area (Å²) in [7, 11) is 0. The van der Waals surface area contributed by atoms with Crippen LogP contribution in [-0.4, -0.2) is 22.1 Å². The summed E-state index contributed by atoms with van der Waals surface area (Å²) < 4.78 is 0. The predicted molar refractivity (Wildman–Crippen MR) is 97.6 cm³/mol. The van der Waals surface area contributed by atoms with Crippen molar-refractivity contribution in [2.75, 3.05) is 0 Å². The minimum Gasteiger partial charge on any atom is -0.273 e. The number of amides is 1. The number of nitrogens with one attached hydrogen (secondary N) is 1. The Morgan fingerprint density at radius 2 is 2.12 bits per heavy atom. The fraction of sp³-hybridized carbons (Fsp3) is 0.158. The van der Waals surface area contributed by atoms with Gasteiger partial charge in [0.15, 0.2) is 0 Å². The van der Waals surface area contributed by atoms with Gasteiger partial charge in [0.25, 0.3) is 0 Å². The average molecular weight is 351 g/mol. The number of rotatable bonds is 4. The van der Waals surface area contributed by atoms with Crippen molar-refractivity contribution in [3.8, 4) is 0 Å². The molecule has 2 atom stereocenters. The van der Waals surface area contributed by atoms with Crippen LogP contribution in [-0.2, 0) is 4.79 Å². The molecule has 2 heterocycles. The van der Waals surface area contributed by atoms with Crippen molar-refractivity contribution in [1.29, 1.82) is 0 Å². The van der Waals surface area contributed by atoms with Crippen LogP contribution in [0.25, 0.3) is 11.0 Å². The first-order valence-electron chi connectivity index (χ1n) is 8.01. The minimum atomic E-state index is -0.0799. The maximum atomic E-state index is 12.2. The van der Waals surface area contributed by atoms with Crippen molar-refractivity contribution in [2.24, 2.45) is 11.0 Å². The number of fused-ring (bicyclic) bond motifs is 1. The molecule has 1 unspecified atom stereocenters. The molecule has 0 radical (unpaired) electrons. The molecular weight excluding hydrogens is 336 g/mol. The molecule has 0 bridgehead atoms. The second kappa shape index (κ2) is 6.61. The van der Waals surface area contributed by atoms with Gasteiger partial charge in [-0.15, -0.1) is 0 Å². The standard InChI is InChI=1S/C19H15ClN4O/c20-13-4-1-3-12(9-13)15-10-16(15)19(25)24-22-11-14-6-7-17-18(23-14)5-2-8-21-17/h1-9,11,15-16H,10H2,(H,24,25)/t15?,16-/m0/s1. The second-order valence-electron chi connectivity index (χ2n) is 6.02. The summed E-state index contributed by atoms with van der Waals surface area (Å²) in [6.45, 7) is 0. The molecule has 1 aromatic carbocycles. The van der Waals surface area contributed by atoms with Crippen LogP contribution in [0.2, 0.25) is 5.02 Å². The van der Waals surface area contributed by atoms with Crippen molar-refractivity contribution in [3.05, 3.63) is 71.0 Å². The number of nitrogens with zero attached hydrogens (tertiary/aromatic N) is 3. The van der Waals surface area contributed by atoms with E-state index in [1.54, 1.807) is 12.4 Å². The Hall–Kier alpha value is -2.79. The summed E-state index contributed by atoms with van der Waals surface area (Å²) in [5, 5.41) is 4.71. The number of hydrogen-bond acceptors (Lipinski definition) is 4. The van der Waals surface area contributed by atoms with Gasteiger partial charge in [0.05, 0.1) is 22.9 Å². The number of hydrazone groups is 1. The van der Waals surface area contributed by atoms with E-state index in [4.69, 9.17) is 11.6 Å². The van der Waals surface area contributed by atoms with Crippen molar-refractivity contribution < 1.29 is 4.79 Å². The fourth-order valence-corrected chi connectivity index (χ4v) is 3.08. The van der Waals surface area contributed by atoms with Gasteiger partial charge in [-0.1, -0.05) is 23.7 Å². The van der Waals surface area contributed by atoms with Crippen molar-refractivity contribution in [3.63, 3.8) is 0 Å². The molecule has 1 amide bonds. The first-order chi connectivity index (χ1) is 12.2. The summed E-state index contributed by atoms with van der Waals surface area (Å²) >= 11 is 6.00. The minimum absolute atomic E-state index is 0.0515. The molecule has 2 aromatic heterocycles. The lowest BCUT2D eigenvalue weighted by molar-refractivity contribution is -0.122. The zero-order valence-corrected chi connectivity index (χ0v) is 14.0. The van der Waals surface area contributed by atoms with Gasteiger partial charge < -0.3 is 0 Å². The molecule has 124 valence electrons. The smallest absolute Gasteiger partial charge is 0.243 e. The summed E-state index contributed by atoms with van der Waals surface area (Å²) in [5.41, 5.74) is 5.98. The zero-order chi connectivity index (χ0) is 17.2. The van der Waals surface area contributed by atoms with Gasteiger partial charge in [0.2, 0.25) is 5.91 Å². The normalized spacial score (nSPS) is 19.2. The third kappa shape index (κ3) is 3.51. The molecule has 3 aromatic rings. The fourth-order valence-electron chi connectivity index (χ4n) is 2.88. The Labute approximate surface area is 149 Å². The van der Waals surface area contributed by atoms with Crippen LogP contribution >= 0.6 is 11.6 Å². The number of hydrogen-bond donors (Lipinski definition) is 1. The van der Waals surface area contributed by atoms with Crippen LogP contribution in [0, 0.1) is 5.92 Å². The second-order valence-corrected chi connectivity index (χ2v) is 6.45. The quantitative estimate of drug-likeness (QED) is 0.578. The third-order valence-corrected chi connectivity index (χ3v) is 4.49. The summed E-state index contributed by atoms with van der Waals surface area (Å²) in [6, 6.07) is 15.1. The number of halogens is 1. The Kier molecular flexibility index (Phi) is 4.15. The van der Waals surface area contributed by atoms with Gasteiger partial charge in [-0.3, -0.25) is 9.78 Å². The van der Waals surface area contributed by atoms with E-state index in [9.17, 15) is 4.79 Å². The Morgan fingerprint density at radius 3 is 3.00 bits per heavy atom. The lowest BCUT2D eigenvalue weighted by Gasteiger charge is -2.01. The molecular formula is C19H15ClN4O. The zero-order valence-electron chi connectivity index (χ0n) is 13.3. The SMILES string of the molecule is O=C(NN=Cc1ccc2ncccc2n1)[C@H]1CC1c1cccc(Cl)c1. The molecule has 25 heavy (non-hydrogen) atoms. The monoisotopic (exact) mass is 350 g/mol. The number of aromatic nitrogens is 2. The predicted octanol–water partition coefficient (Wildman–Crippen LogP) is 3.54. The van der Waals surface area contributed by atoms with E-state index in [0.29, 0.717) is 10.7 Å². The van der Waals surface area contributed by atoms with E-state index in [-0.39, 0.29) is 17.7 Å². The Morgan fingerprint density at radius 1 is 1.20 bits per heavy atom. The van der Waals surface area contributed by atoms with E-state index < -0.39 is 0 Å². The van der Waals surface area contributed by atoms with Crippen molar-refractivity contribution in [1.82, 2.24) is 15.4 Å². The van der Waals surface area contributed by atoms with Crippen molar-refractivity contribution >= 4 is 34.8 Å². The van der Waals surface area contributed by atoms with Gasteiger partial charge in [-0.05, 0) is 54.3 Å². The van der Waals surface area contributed by atoms with Gasteiger partial charge >= 0.3 is 0 Å². The lowest BCUT2D eigenvalue weighted by Crippen LogP contribution is -2.20. The molecule has 1 fully saturated rings. The van der Waals surface area contributed by atoms with E-state index >= 15 is 0 Å². The van der Waals surface area contributed by atoms with Crippen LogP contribution in [0.3, 0.4) is 0 Å². The van der Waals surface area contributed by atoms with Crippen LogP contribution in [0.5, 0.6) is 0 Å². The molecule has 4 rings (SSSR count). The highest BCUT2D eigenvalue weighted by Gasteiger charge is 2.43. The largest absolute Gasteiger partial charge is 0.273 e. The topological polar surface area (TPSA) is 67.2 Å². The number of benzene rings is 1. The van der Waals surface area contributed by atoms with Gasteiger partial charge in [0.1, 0.15) is 0 Å². The van der Waals surface area contributed by atoms with Gasteiger partial charge in [0, 0.05) is 17.1 Å². The molecule has 0 spiro atoms. The summed E-state index contributed by atoms with van der Waals surface area (Å²) in [4.78, 5) is 20.8. The molecule has 1 aliphatic rings. The Bertz CT molecular complexity index is 972.